The van der Waals surface area contributed by atoms with Gasteiger partial charge in [-0.2, -0.15) is 0 Å². The lowest BCUT2D eigenvalue weighted by atomic mass is 10.00. The summed E-state index contributed by atoms with van der Waals surface area (Å²) in [6.07, 6.45) is 0. The van der Waals surface area contributed by atoms with Gasteiger partial charge in [-0.1, -0.05) is 54.1 Å². The molecule has 0 aliphatic carbocycles. The number of halogens is 1. The number of benzene rings is 3. The maximum atomic E-state index is 12.4. The molecule has 0 saturated heterocycles. The molecule has 4 nitrogen and oxygen atoms in total. The van der Waals surface area contributed by atoms with E-state index < -0.39 is 21.5 Å². The minimum Gasteiger partial charge on any atom is -0.349 e. The summed E-state index contributed by atoms with van der Waals surface area (Å²) >= 11 is 5.78. The second-order valence-electron chi connectivity index (χ2n) is 6.07. The lowest BCUT2D eigenvalue weighted by molar-refractivity contribution is -0.119. The van der Waals surface area contributed by atoms with Gasteiger partial charge in [-0.25, -0.2) is 8.42 Å². The molecule has 0 saturated carbocycles. The molecule has 1 atom stereocenters. The molecule has 3 aromatic carbocycles. The largest absolute Gasteiger partial charge is 0.349 e. The van der Waals surface area contributed by atoms with Gasteiger partial charge in [-0.3, -0.25) is 4.79 Å². The lowest BCUT2D eigenvalue weighted by Gasteiger charge is -2.17. The van der Waals surface area contributed by atoms with Crippen molar-refractivity contribution in [3.63, 3.8) is 0 Å². The second kappa shape index (κ2) is 7.48. The molecule has 1 unspecified atom stereocenters. The molecule has 134 valence electrons. The predicted octanol–water partition coefficient (Wildman–Crippen LogP) is 4.14. The average Bonchev–Trinajstić information content (AvgIpc) is 2.61. The Balaban J connectivity index is 1.76. The van der Waals surface area contributed by atoms with Gasteiger partial charge in [0.2, 0.25) is 5.91 Å². The molecule has 26 heavy (non-hydrogen) atoms. The molecule has 3 aromatic rings. The number of fused-ring (bicyclic) bond motifs is 1. The number of rotatable bonds is 5. The monoisotopic (exact) mass is 387 g/mol. The summed E-state index contributed by atoms with van der Waals surface area (Å²) in [4.78, 5) is 12.4. The van der Waals surface area contributed by atoms with Gasteiger partial charge in [0.1, 0.15) is 5.75 Å². The van der Waals surface area contributed by atoms with E-state index in [1.807, 2.05) is 49.4 Å². The van der Waals surface area contributed by atoms with Crippen LogP contribution in [-0.2, 0) is 14.6 Å². The minimum absolute atomic E-state index is 0.0786. The Hall–Kier alpha value is -2.37. The second-order valence-corrected chi connectivity index (χ2v) is 8.50. The zero-order valence-corrected chi connectivity index (χ0v) is 15.7. The van der Waals surface area contributed by atoms with E-state index in [-0.39, 0.29) is 10.9 Å². The number of carbonyl (C=O) groups excluding carboxylic acids is 1. The van der Waals surface area contributed by atoms with E-state index >= 15 is 0 Å². The molecule has 0 aliphatic heterocycles. The van der Waals surface area contributed by atoms with Crippen LogP contribution in [-0.4, -0.2) is 20.1 Å². The molecule has 0 spiro atoms. The Bertz CT molecular complexity index is 1040. The number of nitrogens with one attached hydrogen (secondary N) is 1. The van der Waals surface area contributed by atoms with Gasteiger partial charge >= 0.3 is 0 Å². The summed E-state index contributed by atoms with van der Waals surface area (Å²) in [6.45, 7) is 1.84. The van der Waals surface area contributed by atoms with E-state index in [1.165, 1.54) is 24.3 Å². The number of sulfone groups is 1. The van der Waals surface area contributed by atoms with Gasteiger partial charge in [0.25, 0.3) is 0 Å². The summed E-state index contributed by atoms with van der Waals surface area (Å²) in [5.74, 6) is -1.15. The molecule has 3 rings (SSSR count). The van der Waals surface area contributed by atoms with Gasteiger partial charge < -0.3 is 5.32 Å². The first-order valence-electron chi connectivity index (χ1n) is 8.12. The summed E-state index contributed by atoms with van der Waals surface area (Å²) in [5.41, 5.74) is 0.945. The Labute approximate surface area is 157 Å². The standard InChI is InChI=1S/C20H18ClNO3S/c1-14(18-8-4-6-15-5-2-3-7-19(15)18)22-20(23)13-26(24,25)17-11-9-16(21)10-12-17/h2-12,14H,13H2,1H3,(H,22,23). The van der Waals surface area contributed by atoms with Gasteiger partial charge in [-0.15, -0.1) is 0 Å². The summed E-state index contributed by atoms with van der Waals surface area (Å²) in [7, 11) is -3.72. The van der Waals surface area contributed by atoms with Gasteiger partial charge in [0.15, 0.2) is 9.84 Å². The Morgan fingerprint density at radius 2 is 1.65 bits per heavy atom. The van der Waals surface area contributed by atoms with E-state index in [0.717, 1.165) is 16.3 Å². The fourth-order valence-electron chi connectivity index (χ4n) is 2.89. The summed E-state index contributed by atoms with van der Waals surface area (Å²) in [6, 6.07) is 19.2. The minimum atomic E-state index is -3.72. The fourth-order valence-corrected chi connectivity index (χ4v) is 4.16. The quantitative estimate of drug-likeness (QED) is 0.715. The van der Waals surface area contributed by atoms with Crippen LogP contribution in [0, 0.1) is 0 Å². The van der Waals surface area contributed by atoms with Crippen molar-refractivity contribution in [3.8, 4) is 0 Å². The SMILES string of the molecule is CC(NC(=O)CS(=O)(=O)c1ccc(Cl)cc1)c1cccc2ccccc12. The van der Waals surface area contributed by atoms with Crippen LogP contribution in [0.4, 0.5) is 0 Å². The normalized spacial score (nSPS) is 12.7. The number of hydrogen-bond donors (Lipinski definition) is 1. The Morgan fingerprint density at radius 1 is 1.00 bits per heavy atom. The molecule has 0 heterocycles. The van der Waals surface area contributed by atoms with Crippen LogP contribution in [0.2, 0.25) is 5.02 Å². The highest BCUT2D eigenvalue weighted by molar-refractivity contribution is 7.92. The number of hydrogen-bond acceptors (Lipinski definition) is 3. The van der Waals surface area contributed by atoms with Crippen LogP contribution in [0.15, 0.2) is 71.6 Å². The zero-order valence-electron chi connectivity index (χ0n) is 14.1. The van der Waals surface area contributed by atoms with E-state index in [9.17, 15) is 13.2 Å². The van der Waals surface area contributed by atoms with Crippen LogP contribution in [0.25, 0.3) is 10.8 Å². The molecule has 0 radical (unpaired) electrons. The number of carbonyl (C=O) groups is 1. The predicted molar refractivity (Wildman–Crippen MR) is 104 cm³/mol. The molecule has 0 fully saturated rings. The van der Waals surface area contributed by atoms with Crippen molar-refractivity contribution in [2.45, 2.75) is 17.9 Å². The first kappa shape index (κ1) is 18.4. The van der Waals surface area contributed by atoms with Crippen molar-refractivity contribution >= 4 is 38.1 Å². The molecular formula is C20H18ClNO3S. The first-order chi connectivity index (χ1) is 12.4. The van der Waals surface area contributed by atoms with E-state index in [4.69, 9.17) is 11.6 Å². The molecule has 1 amide bonds. The van der Waals surface area contributed by atoms with E-state index in [2.05, 4.69) is 5.32 Å². The maximum absolute atomic E-state index is 12.4. The van der Waals surface area contributed by atoms with Crippen molar-refractivity contribution in [1.82, 2.24) is 5.32 Å². The van der Waals surface area contributed by atoms with Gasteiger partial charge in [0, 0.05) is 5.02 Å². The third kappa shape index (κ3) is 4.06. The van der Waals surface area contributed by atoms with Crippen LogP contribution in [0.3, 0.4) is 0 Å². The van der Waals surface area contributed by atoms with Gasteiger partial charge in [-0.05, 0) is 47.5 Å². The van der Waals surface area contributed by atoms with Crippen LogP contribution >= 0.6 is 11.6 Å². The average molecular weight is 388 g/mol. The molecule has 6 heteroatoms. The van der Waals surface area contributed by atoms with E-state index in [1.54, 1.807) is 0 Å². The van der Waals surface area contributed by atoms with Crippen molar-refractivity contribution in [3.05, 3.63) is 77.3 Å². The summed E-state index contributed by atoms with van der Waals surface area (Å²) < 4.78 is 24.8. The Kier molecular flexibility index (Phi) is 5.30. The number of amides is 1. The molecule has 0 aromatic heterocycles. The van der Waals surface area contributed by atoms with Crippen molar-refractivity contribution in [2.24, 2.45) is 0 Å². The smallest absolute Gasteiger partial charge is 0.236 e. The van der Waals surface area contributed by atoms with Gasteiger partial charge in [0.05, 0.1) is 10.9 Å². The maximum Gasteiger partial charge on any atom is 0.236 e. The summed E-state index contributed by atoms with van der Waals surface area (Å²) in [5, 5.41) is 5.32. The Morgan fingerprint density at radius 3 is 2.38 bits per heavy atom. The first-order valence-corrected chi connectivity index (χ1v) is 10.2. The molecular weight excluding hydrogens is 370 g/mol. The third-order valence-corrected chi connectivity index (χ3v) is 6.05. The molecule has 0 bridgehead atoms. The van der Waals surface area contributed by atoms with Crippen molar-refractivity contribution < 1.29 is 13.2 Å². The van der Waals surface area contributed by atoms with E-state index in [0.29, 0.717) is 5.02 Å². The van der Waals surface area contributed by atoms with Crippen molar-refractivity contribution in [1.29, 1.82) is 0 Å². The highest BCUT2D eigenvalue weighted by atomic mass is 35.5. The van der Waals surface area contributed by atoms with Crippen LogP contribution in [0.1, 0.15) is 18.5 Å². The topological polar surface area (TPSA) is 63.2 Å². The highest BCUT2D eigenvalue weighted by Gasteiger charge is 2.21. The molecule has 0 aliphatic rings. The van der Waals surface area contributed by atoms with Crippen LogP contribution < -0.4 is 5.32 Å². The third-order valence-electron chi connectivity index (χ3n) is 4.16. The lowest BCUT2D eigenvalue weighted by Crippen LogP contribution is -2.32. The van der Waals surface area contributed by atoms with Crippen LogP contribution in [0.5, 0.6) is 0 Å². The highest BCUT2D eigenvalue weighted by Crippen LogP contribution is 2.24. The van der Waals surface area contributed by atoms with Crippen molar-refractivity contribution in [2.75, 3.05) is 5.75 Å². The zero-order chi connectivity index (χ0) is 18.7. The fraction of sp³-hybridized carbons (Fsp3) is 0.150. The molecule has 1 N–H and O–H groups in total.